The average molecular weight is 279 g/mol. The molecule has 2 nitrogen and oxygen atoms in total. The Hall–Kier alpha value is -0.440. The summed E-state index contributed by atoms with van der Waals surface area (Å²) in [7, 11) is 0. The first kappa shape index (κ1) is 12.0. The largest absolute Gasteiger partial charge is 0.326 e. The number of halogens is 3. The van der Waals surface area contributed by atoms with Crippen LogP contribution >= 0.6 is 34.8 Å². The first-order valence-corrected chi connectivity index (χ1v) is 5.98. The van der Waals surface area contributed by atoms with Crippen molar-refractivity contribution in [1.82, 2.24) is 0 Å². The summed E-state index contributed by atoms with van der Waals surface area (Å²) in [5.41, 5.74) is 1.63. The third kappa shape index (κ3) is 2.45. The highest BCUT2D eigenvalue weighted by molar-refractivity contribution is 6.52. The number of anilines is 1. The summed E-state index contributed by atoms with van der Waals surface area (Å²) < 4.78 is -0.890. The molecule has 1 fully saturated rings. The molecular formula is C11H10Cl3NO. The maximum Gasteiger partial charge on any atom is 0.230 e. The number of nitrogens with one attached hydrogen (secondary N) is 1. The predicted molar refractivity (Wildman–Crippen MR) is 67.4 cm³/mol. The Balaban J connectivity index is 2.05. The number of rotatable bonds is 2. The van der Waals surface area contributed by atoms with E-state index in [1.165, 1.54) is 0 Å². The van der Waals surface area contributed by atoms with Crippen molar-refractivity contribution < 1.29 is 4.79 Å². The van der Waals surface area contributed by atoms with Crippen LogP contribution in [0.3, 0.4) is 0 Å². The lowest BCUT2D eigenvalue weighted by Crippen LogP contribution is -2.16. The number of hydrogen-bond acceptors (Lipinski definition) is 1. The van der Waals surface area contributed by atoms with Crippen molar-refractivity contribution in [2.24, 2.45) is 5.92 Å². The molecule has 1 amide bonds. The molecule has 1 aromatic rings. The monoisotopic (exact) mass is 277 g/mol. The Morgan fingerprint density at radius 3 is 2.62 bits per heavy atom. The van der Waals surface area contributed by atoms with Gasteiger partial charge in [-0.25, -0.2) is 0 Å². The van der Waals surface area contributed by atoms with Gasteiger partial charge in [-0.05, 0) is 31.0 Å². The Bertz CT molecular complexity index is 445. The van der Waals surface area contributed by atoms with E-state index in [9.17, 15) is 4.79 Å². The summed E-state index contributed by atoms with van der Waals surface area (Å²) in [6.45, 7) is 1.90. The molecule has 0 aromatic heterocycles. The second-order valence-corrected chi connectivity index (χ2v) is 5.92. The molecular weight excluding hydrogens is 268 g/mol. The number of aryl methyl sites for hydroxylation is 1. The van der Waals surface area contributed by atoms with Crippen LogP contribution in [0.15, 0.2) is 18.2 Å². The van der Waals surface area contributed by atoms with Gasteiger partial charge in [0, 0.05) is 10.7 Å². The van der Waals surface area contributed by atoms with Gasteiger partial charge in [-0.15, -0.1) is 23.2 Å². The minimum Gasteiger partial charge on any atom is -0.326 e. The lowest BCUT2D eigenvalue weighted by atomic mass is 10.2. The molecule has 5 heteroatoms. The quantitative estimate of drug-likeness (QED) is 0.820. The first-order chi connectivity index (χ1) is 7.40. The van der Waals surface area contributed by atoms with Gasteiger partial charge < -0.3 is 5.32 Å². The molecule has 86 valence electrons. The van der Waals surface area contributed by atoms with Gasteiger partial charge in [-0.3, -0.25) is 4.79 Å². The van der Waals surface area contributed by atoms with Crippen LogP contribution in [-0.4, -0.2) is 10.2 Å². The van der Waals surface area contributed by atoms with E-state index in [1.807, 2.05) is 13.0 Å². The molecule has 0 spiro atoms. The maximum atomic E-state index is 11.7. The molecule has 0 radical (unpaired) electrons. The fourth-order valence-electron chi connectivity index (χ4n) is 1.40. The van der Waals surface area contributed by atoms with Crippen LogP contribution < -0.4 is 5.32 Å². The number of benzene rings is 1. The number of alkyl halides is 2. The first-order valence-electron chi connectivity index (χ1n) is 4.85. The van der Waals surface area contributed by atoms with E-state index in [-0.39, 0.29) is 11.8 Å². The van der Waals surface area contributed by atoms with Crippen LogP contribution in [0.4, 0.5) is 5.69 Å². The van der Waals surface area contributed by atoms with Crippen LogP contribution in [0, 0.1) is 12.8 Å². The molecule has 0 bridgehead atoms. The Kier molecular flexibility index (Phi) is 3.08. The highest BCUT2D eigenvalue weighted by Gasteiger charge is 2.56. The van der Waals surface area contributed by atoms with Crippen molar-refractivity contribution in [3.05, 3.63) is 28.8 Å². The van der Waals surface area contributed by atoms with Crippen LogP contribution in [0.25, 0.3) is 0 Å². The molecule has 1 aromatic carbocycles. The van der Waals surface area contributed by atoms with E-state index in [1.54, 1.807) is 12.1 Å². The molecule has 1 saturated carbocycles. The molecule has 0 heterocycles. The van der Waals surface area contributed by atoms with Crippen LogP contribution in [0.2, 0.25) is 5.02 Å². The van der Waals surface area contributed by atoms with Gasteiger partial charge in [0.25, 0.3) is 0 Å². The van der Waals surface area contributed by atoms with Gasteiger partial charge >= 0.3 is 0 Å². The summed E-state index contributed by atoms with van der Waals surface area (Å²) in [6, 6.07) is 5.35. The topological polar surface area (TPSA) is 29.1 Å². The summed E-state index contributed by atoms with van der Waals surface area (Å²) in [5.74, 6) is -0.485. The molecule has 2 rings (SSSR count). The Morgan fingerprint density at radius 1 is 1.50 bits per heavy atom. The molecule has 1 aliphatic rings. The number of carbonyl (C=O) groups excluding carboxylic acids is 1. The smallest absolute Gasteiger partial charge is 0.230 e. The van der Waals surface area contributed by atoms with Crippen LogP contribution in [-0.2, 0) is 4.79 Å². The standard InChI is InChI=1S/C11H10Cl3NO/c1-6-2-3-7(4-9(6)12)15-10(16)8-5-11(8,13)14/h2-4,8H,5H2,1H3,(H,15,16)/t8-/m1/s1. The van der Waals surface area contributed by atoms with Crippen LogP contribution in [0.5, 0.6) is 0 Å². The Labute approximate surface area is 109 Å². The average Bonchev–Trinajstić information content (AvgIpc) is 2.82. The van der Waals surface area contributed by atoms with Crippen molar-refractivity contribution in [2.45, 2.75) is 17.7 Å². The zero-order valence-electron chi connectivity index (χ0n) is 8.56. The third-order valence-electron chi connectivity index (χ3n) is 2.58. The second-order valence-electron chi connectivity index (χ2n) is 3.97. The zero-order chi connectivity index (χ0) is 11.9. The molecule has 1 aliphatic carbocycles. The number of hydrogen-bond donors (Lipinski definition) is 1. The minimum absolute atomic E-state index is 0.162. The van der Waals surface area contributed by atoms with E-state index in [4.69, 9.17) is 34.8 Å². The summed E-state index contributed by atoms with van der Waals surface area (Å²) in [5, 5.41) is 3.36. The maximum absolute atomic E-state index is 11.7. The van der Waals surface area contributed by atoms with Crippen molar-refractivity contribution in [1.29, 1.82) is 0 Å². The number of amides is 1. The SMILES string of the molecule is Cc1ccc(NC(=O)[C@H]2CC2(Cl)Cl)cc1Cl. The van der Waals surface area contributed by atoms with Crippen molar-refractivity contribution in [2.75, 3.05) is 5.32 Å². The lowest BCUT2D eigenvalue weighted by Gasteiger charge is -2.06. The molecule has 0 aliphatic heterocycles. The molecule has 0 saturated heterocycles. The van der Waals surface area contributed by atoms with Gasteiger partial charge in [0.1, 0.15) is 4.33 Å². The third-order valence-corrected chi connectivity index (χ3v) is 3.82. The molecule has 0 unspecified atom stereocenters. The van der Waals surface area contributed by atoms with E-state index >= 15 is 0 Å². The van der Waals surface area contributed by atoms with E-state index in [0.29, 0.717) is 17.1 Å². The van der Waals surface area contributed by atoms with E-state index in [0.717, 1.165) is 5.56 Å². The summed E-state index contributed by atoms with van der Waals surface area (Å²) in [6.07, 6.45) is 0.502. The lowest BCUT2D eigenvalue weighted by molar-refractivity contribution is -0.117. The van der Waals surface area contributed by atoms with Gasteiger partial charge in [0.15, 0.2) is 0 Å². The molecule has 1 atom stereocenters. The van der Waals surface area contributed by atoms with E-state index in [2.05, 4.69) is 5.32 Å². The van der Waals surface area contributed by atoms with Crippen molar-refractivity contribution >= 4 is 46.4 Å². The fraction of sp³-hybridized carbons (Fsp3) is 0.364. The van der Waals surface area contributed by atoms with E-state index < -0.39 is 4.33 Å². The highest BCUT2D eigenvalue weighted by Crippen LogP contribution is 2.53. The Morgan fingerprint density at radius 2 is 2.12 bits per heavy atom. The normalized spacial score (nSPS) is 21.6. The van der Waals surface area contributed by atoms with Crippen LogP contribution in [0.1, 0.15) is 12.0 Å². The second kappa shape index (κ2) is 4.10. The highest BCUT2D eigenvalue weighted by atomic mass is 35.5. The van der Waals surface area contributed by atoms with Gasteiger partial charge in [-0.1, -0.05) is 17.7 Å². The summed E-state index contributed by atoms with van der Waals surface area (Å²) >= 11 is 17.6. The molecule has 1 N–H and O–H groups in total. The number of carbonyl (C=O) groups is 1. The van der Waals surface area contributed by atoms with Gasteiger partial charge in [-0.2, -0.15) is 0 Å². The summed E-state index contributed by atoms with van der Waals surface area (Å²) in [4.78, 5) is 11.7. The van der Waals surface area contributed by atoms with Crippen molar-refractivity contribution in [3.63, 3.8) is 0 Å². The predicted octanol–water partition coefficient (Wildman–Crippen LogP) is 3.78. The minimum atomic E-state index is -0.890. The van der Waals surface area contributed by atoms with Crippen molar-refractivity contribution in [3.8, 4) is 0 Å². The van der Waals surface area contributed by atoms with Gasteiger partial charge in [0.2, 0.25) is 5.91 Å². The zero-order valence-corrected chi connectivity index (χ0v) is 10.8. The molecule has 16 heavy (non-hydrogen) atoms. The fourth-order valence-corrected chi connectivity index (χ4v) is 2.09. The van der Waals surface area contributed by atoms with Gasteiger partial charge in [0.05, 0.1) is 5.92 Å².